The molecule has 0 saturated carbocycles. The average Bonchev–Trinajstić information content (AvgIpc) is 2.56. The van der Waals surface area contributed by atoms with E-state index in [4.69, 9.17) is 4.55 Å². The van der Waals surface area contributed by atoms with Crippen LogP contribution in [-0.2, 0) is 10.1 Å². The maximum Gasteiger partial charge on any atom is 0.296 e. The van der Waals surface area contributed by atoms with Crippen LogP contribution in [-0.4, -0.2) is 22.8 Å². The number of hydrogen-bond donors (Lipinski definition) is 2. The summed E-state index contributed by atoms with van der Waals surface area (Å²) >= 11 is 0. The maximum atomic E-state index is 11.6. The highest BCUT2D eigenvalue weighted by Gasteiger charge is 2.17. The number of rotatable bonds is 2. The van der Waals surface area contributed by atoms with Gasteiger partial charge in [0, 0.05) is 11.8 Å². The molecule has 2 rings (SSSR count). The number of hydrogen-bond acceptors (Lipinski definition) is 3. The van der Waals surface area contributed by atoms with Crippen LogP contribution in [0, 0.1) is 6.92 Å². The predicted molar refractivity (Wildman–Crippen MR) is 60.9 cm³/mol. The topological polar surface area (TPSA) is 92.2 Å². The molecule has 90 valence electrons. The maximum absolute atomic E-state index is 11.6. The first-order chi connectivity index (χ1) is 7.89. The number of nitrogens with one attached hydrogen (secondary N) is 1. The molecule has 0 spiro atoms. The molecule has 6 nitrogen and oxygen atoms in total. The molecule has 7 heteroatoms. The van der Waals surface area contributed by atoms with Crippen molar-refractivity contribution in [1.82, 2.24) is 9.78 Å². The molecule has 0 amide bonds. The second-order valence-corrected chi connectivity index (χ2v) is 4.95. The molecule has 1 aromatic heterocycles. The quantitative estimate of drug-likeness (QED) is 0.772. The summed E-state index contributed by atoms with van der Waals surface area (Å²) in [5, 5.41) is 2.70. The van der Waals surface area contributed by atoms with Crippen molar-refractivity contribution >= 4 is 10.1 Å². The SMILES string of the molecule is Cc1cc(=O)n(-c2ccccc2S(=O)(=O)O)[nH]1. The van der Waals surface area contributed by atoms with E-state index in [0.29, 0.717) is 5.69 Å². The lowest BCUT2D eigenvalue weighted by molar-refractivity contribution is 0.482. The summed E-state index contributed by atoms with van der Waals surface area (Å²) < 4.78 is 32.5. The third-order valence-corrected chi connectivity index (χ3v) is 3.13. The van der Waals surface area contributed by atoms with Gasteiger partial charge < -0.3 is 0 Å². The van der Waals surface area contributed by atoms with Crippen molar-refractivity contribution in [3.8, 4) is 5.69 Å². The Balaban J connectivity index is 2.77. The van der Waals surface area contributed by atoms with Gasteiger partial charge in [0.25, 0.3) is 15.7 Å². The fraction of sp³-hybridized carbons (Fsp3) is 0.100. The van der Waals surface area contributed by atoms with Gasteiger partial charge in [-0.05, 0) is 19.1 Å². The zero-order valence-electron chi connectivity index (χ0n) is 8.91. The molecule has 0 aliphatic heterocycles. The van der Waals surface area contributed by atoms with Crippen LogP contribution in [0.5, 0.6) is 0 Å². The second-order valence-electron chi connectivity index (χ2n) is 3.56. The summed E-state index contributed by atoms with van der Waals surface area (Å²) in [6.07, 6.45) is 0. The Hall–Kier alpha value is -1.86. The molecule has 2 N–H and O–H groups in total. The highest BCUT2D eigenvalue weighted by molar-refractivity contribution is 7.86. The van der Waals surface area contributed by atoms with Crippen LogP contribution in [0.4, 0.5) is 0 Å². The molecule has 0 unspecified atom stereocenters. The van der Waals surface area contributed by atoms with E-state index in [0.717, 1.165) is 4.68 Å². The summed E-state index contributed by atoms with van der Waals surface area (Å²) in [6, 6.07) is 7.04. The summed E-state index contributed by atoms with van der Waals surface area (Å²) in [6.45, 7) is 1.67. The fourth-order valence-electron chi connectivity index (χ4n) is 1.55. The monoisotopic (exact) mass is 254 g/mol. The van der Waals surface area contributed by atoms with E-state index in [1.807, 2.05) is 0 Å². The van der Waals surface area contributed by atoms with Crippen LogP contribution in [0.3, 0.4) is 0 Å². The number of nitrogens with zero attached hydrogens (tertiary/aromatic N) is 1. The van der Waals surface area contributed by atoms with Crippen molar-refractivity contribution in [2.75, 3.05) is 0 Å². The van der Waals surface area contributed by atoms with Gasteiger partial charge >= 0.3 is 0 Å². The third kappa shape index (κ3) is 2.15. The zero-order valence-corrected chi connectivity index (χ0v) is 9.73. The Kier molecular flexibility index (Phi) is 2.64. The second kappa shape index (κ2) is 3.86. The number of benzene rings is 1. The van der Waals surface area contributed by atoms with Gasteiger partial charge in [0.15, 0.2) is 0 Å². The average molecular weight is 254 g/mol. The van der Waals surface area contributed by atoms with Crippen LogP contribution in [0.15, 0.2) is 40.0 Å². The van der Waals surface area contributed by atoms with Gasteiger partial charge in [0.2, 0.25) is 0 Å². The van der Waals surface area contributed by atoms with Gasteiger partial charge in [-0.25, -0.2) is 4.68 Å². The molecule has 0 atom stereocenters. The first-order valence-corrected chi connectivity index (χ1v) is 6.19. The largest absolute Gasteiger partial charge is 0.296 e. The normalized spacial score (nSPS) is 11.6. The minimum atomic E-state index is -4.37. The highest BCUT2D eigenvalue weighted by Crippen LogP contribution is 2.17. The van der Waals surface area contributed by atoms with Crippen LogP contribution >= 0.6 is 0 Å². The zero-order chi connectivity index (χ0) is 12.6. The third-order valence-electron chi connectivity index (χ3n) is 2.23. The Bertz CT molecular complexity index is 712. The van der Waals surface area contributed by atoms with Crippen molar-refractivity contribution in [3.05, 3.63) is 46.4 Å². The van der Waals surface area contributed by atoms with Crippen LogP contribution in [0.2, 0.25) is 0 Å². The molecule has 1 heterocycles. The summed E-state index contributed by atoms with van der Waals surface area (Å²) in [7, 11) is -4.37. The predicted octanol–water partition coefficient (Wildman–Crippen LogP) is 0.721. The Morgan fingerprint density at radius 1 is 1.29 bits per heavy atom. The summed E-state index contributed by atoms with van der Waals surface area (Å²) in [5.74, 6) is 0. The van der Waals surface area contributed by atoms with Crippen molar-refractivity contribution < 1.29 is 13.0 Å². The van der Waals surface area contributed by atoms with Gasteiger partial charge in [0.05, 0.1) is 5.69 Å². The molecule has 2 aromatic rings. The molecule has 0 saturated heterocycles. The van der Waals surface area contributed by atoms with Crippen LogP contribution in [0.1, 0.15) is 5.69 Å². The smallest absolute Gasteiger partial charge is 0.295 e. The molecule has 0 bridgehead atoms. The van der Waals surface area contributed by atoms with E-state index in [9.17, 15) is 13.2 Å². The van der Waals surface area contributed by atoms with Gasteiger partial charge in [-0.2, -0.15) is 8.42 Å². The molecule has 0 aliphatic carbocycles. The van der Waals surface area contributed by atoms with Gasteiger partial charge in [0.1, 0.15) is 4.90 Å². The first kappa shape index (κ1) is 11.6. The van der Waals surface area contributed by atoms with Crippen molar-refractivity contribution in [2.45, 2.75) is 11.8 Å². The minimum absolute atomic E-state index is 0.0908. The van der Waals surface area contributed by atoms with Gasteiger partial charge in [-0.3, -0.25) is 14.4 Å². The molecule has 0 aliphatic rings. The molecular weight excluding hydrogens is 244 g/mol. The van der Waals surface area contributed by atoms with E-state index in [-0.39, 0.29) is 10.6 Å². The number of aromatic amines is 1. The summed E-state index contributed by atoms with van der Waals surface area (Å²) in [4.78, 5) is 11.3. The molecule has 1 aromatic carbocycles. The Morgan fingerprint density at radius 3 is 2.47 bits per heavy atom. The van der Waals surface area contributed by atoms with E-state index in [1.165, 1.54) is 24.3 Å². The first-order valence-electron chi connectivity index (χ1n) is 4.75. The molecule has 17 heavy (non-hydrogen) atoms. The molecule has 0 radical (unpaired) electrons. The lowest BCUT2D eigenvalue weighted by Crippen LogP contribution is -2.16. The molecular formula is C10H10N2O4S. The van der Waals surface area contributed by atoms with E-state index >= 15 is 0 Å². The lowest BCUT2D eigenvalue weighted by atomic mass is 10.3. The number of para-hydroxylation sites is 1. The summed E-state index contributed by atoms with van der Waals surface area (Å²) in [5.41, 5.74) is 0.298. The van der Waals surface area contributed by atoms with E-state index in [2.05, 4.69) is 5.10 Å². The van der Waals surface area contributed by atoms with Crippen LogP contribution < -0.4 is 5.56 Å². The van der Waals surface area contributed by atoms with Gasteiger partial charge in [-0.15, -0.1) is 0 Å². The lowest BCUT2D eigenvalue weighted by Gasteiger charge is -2.06. The van der Waals surface area contributed by atoms with Gasteiger partial charge in [-0.1, -0.05) is 12.1 Å². The highest BCUT2D eigenvalue weighted by atomic mass is 32.2. The number of H-pyrrole nitrogens is 1. The van der Waals surface area contributed by atoms with E-state index in [1.54, 1.807) is 13.0 Å². The fourth-order valence-corrected chi connectivity index (χ4v) is 2.23. The molecule has 0 fully saturated rings. The standard InChI is InChI=1S/C10H10N2O4S/c1-7-6-10(13)12(11-7)8-4-2-3-5-9(8)17(14,15)16/h2-6,11H,1H3,(H,14,15,16). The van der Waals surface area contributed by atoms with Crippen molar-refractivity contribution in [1.29, 1.82) is 0 Å². The Labute approximate surface area is 97.3 Å². The van der Waals surface area contributed by atoms with Crippen molar-refractivity contribution in [3.63, 3.8) is 0 Å². The van der Waals surface area contributed by atoms with Crippen LogP contribution in [0.25, 0.3) is 5.69 Å². The Morgan fingerprint density at radius 2 is 1.94 bits per heavy atom. The van der Waals surface area contributed by atoms with E-state index < -0.39 is 15.7 Å². The number of aryl methyl sites for hydroxylation is 1. The minimum Gasteiger partial charge on any atom is -0.295 e. The number of aromatic nitrogens is 2. The van der Waals surface area contributed by atoms with Crippen molar-refractivity contribution in [2.24, 2.45) is 0 Å².